The molecule has 1 saturated carbocycles. The highest BCUT2D eigenvalue weighted by molar-refractivity contribution is 6.74. The van der Waals surface area contributed by atoms with Crippen molar-refractivity contribution < 1.29 is 9.53 Å². The minimum atomic E-state index is -2.17. The molecule has 1 unspecified atom stereocenters. The van der Waals surface area contributed by atoms with Gasteiger partial charge in [-0.1, -0.05) is 51.3 Å². The molecular weight excluding hydrogens is 605 g/mol. The zero-order chi connectivity index (χ0) is 33.3. The summed E-state index contributed by atoms with van der Waals surface area (Å²) in [6.45, 7) is 14.6. The monoisotopic (exact) mass is 658 g/mol. The van der Waals surface area contributed by atoms with Gasteiger partial charge in [0.25, 0.3) is 0 Å². The largest absolute Gasteiger partial charge is 0.506 e. The summed E-state index contributed by atoms with van der Waals surface area (Å²) in [6, 6.07) is 9.89. The fourth-order valence-electron chi connectivity index (χ4n) is 7.46. The van der Waals surface area contributed by atoms with Gasteiger partial charge in [-0.05, 0) is 111 Å². The second-order valence-electron chi connectivity index (χ2n) is 15.4. The summed E-state index contributed by atoms with van der Waals surface area (Å²) in [5.74, 6) is 0.0636. The molecular formula is C37H54N6O3Si. The Balaban J connectivity index is 1.20. The topological polar surface area (TPSA) is 108 Å². The van der Waals surface area contributed by atoms with E-state index < -0.39 is 8.32 Å². The molecule has 2 heterocycles. The van der Waals surface area contributed by atoms with Crippen molar-refractivity contribution in [2.45, 2.75) is 122 Å². The SMILES string of the molecule is CN(CCCn1nnc2cc(CNCC(O[Si](C)(C)C(C)(C)C)c3ccc(O)c4[nH]c(=O)ccc34)c3c(c21)CCC3)C1CCCCC1. The number of aromatic nitrogens is 4. The van der Waals surface area contributed by atoms with Gasteiger partial charge >= 0.3 is 0 Å². The number of phenols is 1. The summed E-state index contributed by atoms with van der Waals surface area (Å²) in [7, 11) is 0.122. The summed E-state index contributed by atoms with van der Waals surface area (Å²) in [5.41, 5.74) is 7.55. The van der Waals surface area contributed by atoms with Gasteiger partial charge in [0.15, 0.2) is 8.32 Å². The molecule has 1 atom stereocenters. The number of benzene rings is 2. The fourth-order valence-corrected chi connectivity index (χ4v) is 8.73. The van der Waals surface area contributed by atoms with Crippen molar-refractivity contribution in [1.82, 2.24) is 30.2 Å². The Bertz CT molecular complexity index is 1770. The first-order valence-electron chi connectivity index (χ1n) is 17.7. The van der Waals surface area contributed by atoms with E-state index in [-0.39, 0.29) is 22.5 Å². The van der Waals surface area contributed by atoms with Crippen molar-refractivity contribution in [3.63, 3.8) is 0 Å². The van der Waals surface area contributed by atoms with E-state index in [0.717, 1.165) is 61.3 Å². The molecule has 0 bridgehead atoms. The average molecular weight is 659 g/mol. The molecule has 10 heteroatoms. The van der Waals surface area contributed by atoms with Crippen LogP contribution in [0.5, 0.6) is 5.75 Å². The lowest BCUT2D eigenvalue weighted by Gasteiger charge is -2.39. The van der Waals surface area contributed by atoms with Crippen molar-refractivity contribution >= 4 is 30.3 Å². The van der Waals surface area contributed by atoms with E-state index in [0.29, 0.717) is 18.6 Å². The molecule has 9 nitrogen and oxygen atoms in total. The Labute approximate surface area is 280 Å². The predicted octanol–water partition coefficient (Wildman–Crippen LogP) is 6.97. The first-order chi connectivity index (χ1) is 22.4. The normalized spacial score (nSPS) is 16.8. The van der Waals surface area contributed by atoms with E-state index in [1.807, 2.05) is 6.07 Å². The molecule has 2 aliphatic rings. The number of pyridine rings is 1. The zero-order valence-electron chi connectivity index (χ0n) is 29.3. The molecule has 2 aromatic heterocycles. The van der Waals surface area contributed by atoms with Crippen LogP contribution in [0.4, 0.5) is 0 Å². The molecule has 2 aromatic carbocycles. The van der Waals surface area contributed by atoms with Gasteiger partial charge in [-0.3, -0.25) is 4.79 Å². The number of H-pyrrole nitrogens is 1. The van der Waals surface area contributed by atoms with Crippen LogP contribution in [0.15, 0.2) is 35.1 Å². The lowest BCUT2D eigenvalue weighted by atomic mass is 9.94. The molecule has 4 aromatic rings. The Kier molecular flexibility index (Phi) is 9.95. The lowest BCUT2D eigenvalue weighted by molar-refractivity contribution is 0.181. The number of aromatic amines is 1. The van der Waals surface area contributed by atoms with Gasteiger partial charge in [-0.2, -0.15) is 0 Å². The molecule has 3 N–H and O–H groups in total. The highest BCUT2D eigenvalue weighted by atomic mass is 28.4. The van der Waals surface area contributed by atoms with Gasteiger partial charge in [0.2, 0.25) is 5.56 Å². The highest BCUT2D eigenvalue weighted by Crippen LogP contribution is 2.41. The van der Waals surface area contributed by atoms with Crippen molar-refractivity contribution in [3.8, 4) is 5.75 Å². The molecule has 6 rings (SSSR count). The van der Waals surface area contributed by atoms with Crippen LogP contribution < -0.4 is 10.9 Å². The van der Waals surface area contributed by atoms with Crippen LogP contribution in [0.1, 0.15) is 94.1 Å². The van der Waals surface area contributed by atoms with Gasteiger partial charge in [0.05, 0.1) is 17.1 Å². The molecule has 0 spiro atoms. The van der Waals surface area contributed by atoms with E-state index in [1.54, 1.807) is 12.1 Å². The maximum Gasteiger partial charge on any atom is 0.248 e. The summed E-state index contributed by atoms with van der Waals surface area (Å²) in [6.07, 6.45) is 10.9. The first-order valence-corrected chi connectivity index (χ1v) is 20.6. The Morgan fingerprint density at radius 1 is 1.11 bits per heavy atom. The van der Waals surface area contributed by atoms with Crippen LogP contribution in [0, 0.1) is 0 Å². The van der Waals surface area contributed by atoms with E-state index in [4.69, 9.17) is 4.43 Å². The number of aryl methyl sites for hydroxylation is 2. The van der Waals surface area contributed by atoms with Crippen molar-refractivity contribution in [2.24, 2.45) is 0 Å². The minimum absolute atomic E-state index is 0.0231. The van der Waals surface area contributed by atoms with Crippen LogP contribution in [-0.2, 0) is 30.4 Å². The number of fused-ring (bicyclic) bond motifs is 4. The second-order valence-corrected chi connectivity index (χ2v) is 20.2. The number of aromatic hydroxyl groups is 1. The van der Waals surface area contributed by atoms with E-state index in [1.165, 1.54) is 60.4 Å². The number of hydrogen-bond donors (Lipinski definition) is 3. The highest BCUT2D eigenvalue weighted by Gasteiger charge is 2.40. The van der Waals surface area contributed by atoms with Crippen LogP contribution in [-0.4, -0.2) is 64.5 Å². The first kappa shape index (κ1) is 33.8. The Morgan fingerprint density at radius 3 is 2.64 bits per heavy atom. The number of rotatable bonds is 12. The Hall–Kier alpha value is -3.05. The number of phenolic OH excluding ortho intramolecular Hbond substituents is 1. The quantitative estimate of drug-likeness (QED) is 0.141. The summed E-state index contributed by atoms with van der Waals surface area (Å²) in [5, 5.41) is 24.4. The maximum absolute atomic E-state index is 12.1. The summed E-state index contributed by atoms with van der Waals surface area (Å²) < 4.78 is 9.20. The molecule has 1 fully saturated rings. The standard InChI is InChI=1S/C37H54N6O3Si/c1-37(2,3)47(5,6)46-33(28-16-18-32(44)35-29(28)17-19-34(45)39-35)24-38-23-25-22-31-36(30-15-10-14-27(25)30)43(41-40-31)21-11-20-42(4)26-12-8-7-9-13-26/h16-19,22,26,33,38,44H,7-15,20-21,23-24H2,1-6H3,(H,39,45). The van der Waals surface area contributed by atoms with E-state index >= 15 is 0 Å². The van der Waals surface area contributed by atoms with Crippen LogP contribution in [0.2, 0.25) is 18.1 Å². The van der Waals surface area contributed by atoms with Gasteiger partial charge in [-0.25, -0.2) is 4.68 Å². The zero-order valence-corrected chi connectivity index (χ0v) is 30.3. The van der Waals surface area contributed by atoms with Gasteiger partial charge in [-0.15, -0.1) is 5.10 Å². The molecule has 0 amide bonds. The third-order valence-corrected chi connectivity index (χ3v) is 15.7. The minimum Gasteiger partial charge on any atom is -0.506 e. The predicted molar refractivity (Wildman–Crippen MR) is 193 cm³/mol. The molecule has 47 heavy (non-hydrogen) atoms. The average Bonchev–Trinajstić information content (AvgIpc) is 3.68. The van der Waals surface area contributed by atoms with Crippen LogP contribution in [0.3, 0.4) is 0 Å². The van der Waals surface area contributed by atoms with Crippen molar-refractivity contribution in [2.75, 3.05) is 20.1 Å². The number of nitrogens with one attached hydrogen (secondary N) is 2. The molecule has 254 valence electrons. The summed E-state index contributed by atoms with van der Waals surface area (Å²) >= 11 is 0. The van der Waals surface area contributed by atoms with Crippen molar-refractivity contribution in [1.29, 1.82) is 0 Å². The van der Waals surface area contributed by atoms with Crippen molar-refractivity contribution in [3.05, 3.63) is 62.9 Å². The maximum atomic E-state index is 12.1. The molecule has 0 aliphatic heterocycles. The molecule has 0 saturated heterocycles. The van der Waals surface area contributed by atoms with Gasteiger partial charge in [0.1, 0.15) is 11.3 Å². The number of hydrogen-bond acceptors (Lipinski definition) is 7. The molecule has 2 aliphatic carbocycles. The van der Waals surface area contributed by atoms with Crippen LogP contribution in [0.25, 0.3) is 21.9 Å². The lowest BCUT2D eigenvalue weighted by Crippen LogP contribution is -2.43. The second kappa shape index (κ2) is 13.8. The van der Waals surface area contributed by atoms with Gasteiger partial charge in [0, 0.05) is 37.1 Å². The molecule has 0 radical (unpaired) electrons. The summed E-state index contributed by atoms with van der Waals surface area (Å²) in [4.78, 5) is 17.5. The third-order valence-electron chi connectivity index (χ3n) is 11.2. The third kappa shape index (κ3) is 7.21. The fraction of sp³-hybridized carbons (Fsp3) is 0.595. The number of nitrogens with zero attached hydrogens (tertiary/aromatic N) is 4. The van der Waals surface area contributed by atoms with E-state index in [2.05, 4.69) is 77.2 Å². The van der Waals surface area contributed by atoms with Crippen LogP contribution >= 0.6 is 0 Å². The Morgan fingerprint density at radius 2 is 1.87 bits per heavy atom. The van der Waals surface area contributed by atoms with Gasteiger partial charge < -0.3 is 24.7 Å². The smallest absolute Gasteiger partial charge is 0.248 e. The van der Waals surface area contributed by atoms with E-state index in [9.17, 15) is 9.90 Å².